The Kier molecular flexibility index (Phi) is 9.14. The molecule has 0 amide bonds. The van der Waals surface area contributed by atoms with Crippen molar-refractivity contribution in [2.24, 2.45) is 0 Å². The summed E-state index contributed by atoms with van der Waals surface area (Å²) in [7, 11) is 0. The normalized spacial score (nSPS) is 5.20. The molecule has 0 spiro atoms. The molecule has 0 rings (SSSR count). The van der Waals surface area contributed by atoms with Crippen LogP contribution in [0.5, 0.6) is 0 Å². The van der Waals surface area contributed by atoms with Crippen LogP contribution in [-0.4, -0.2) is 5.78 Å². The number of ketones is 1. The molecular formula is C3H6LuO. The molecule has 0 heterocycles. The topological polar surface area (TPSA) is 17.1 Å². The first-order valence-corrected chi connectivity index (χ1v) is 1.20. The molecule has 0 aromatic carbocycles. The second-order valence-electron chi connectivity index (χ2n) is 0.908. The van der Waals surface area contributed by atoms with Crippen molar-refractivity contribution in [3.63, 3.8) is 0 Å². The van der Waals surface area contributed by atoms with E-state index in [9.17, 15) is 4.79 Å². The fourth-order valence-corrected chi connectivity index (χ4v) is 0. The number of hydrogen-bond acceptors (Lipinski definition) is 1. The van der Waals surface area contributed by atoms with E-state index in [2.05, 4.69) is 0 Å². The van der Waals surface area contributed by atoms with Crippen molar-refractivity contribution in [1.29, 1.82) is 0 Å². The first-order valence-electron chi connectivity index (χ1n) is 1.20. The molecule has 0 N–H and O–H groups in total. The van der Waals surface area contributed by atoms with Crippen LogP contribution in [-0.2, 0) is 4.79 Å². The SMILES string of the molecule is CC(C)=O.[Lu]. The first kappa shape index (κ1) is 9.32. The Bertz CT molecular complexity index is 29.9. The summed E-state index contributed by atoms with van der Waals surface area (Å²) in [6, 6.07) is 0. The van der Waals surface area contributed by atoms with E-state index in [0.29, 0.717) is 0 Å². The van der Waals surface area contributed by atoms with Crippen molar-refractivity contribution < 1.29 is 41.7 Å². The largest absolute Gasteiger partial charge is 0.300 e. The van der Waals surface area contributed by atoms with Crippen molar-refractivity contribution in [2.75, 3.05) is 0 Å². The number of rotatable bonds is 0. The minimum Gasteiger partial charge on any atom is -0.300 e. The van der Waals surface area contributed by atoms with Gasteiger partial charge in [0.05, 0.1) is 0 Å². The Morgan fingerprint density at radius 1 is 1.40 bits per heavy atom. The van der Waals surface area contributed by atoms with Gasteiger partial charge in [-0.05, 0) is 13.8 Å². The zero-order valence-electron chi connectivity index (χ0n) is 3.17. The average molecular weight is 233 g/mol. The third kappa shape index (κ3) is 50.6. The van der Waals surface area contributed by atoms with Crippen LogP contribution >= 0.6 is 0 Å². The predicted molar refractivity (Wildman–Crippen MR) is 16.4 cm³/mol. The molecule has 1 radical (unpaired) electrons. The van der Waals surface area contributed by atoms with Gasteiger partial charge in [0.1, 0.15) is 5.78 Å². The molecule has 0 aliphatic heterocycles. The summed E-state index contributed by atoms with van der Waals surface area (Å²) < 4.78 is 0. The number of hydrogen-bond donors (Lipinski definition) is 0. The molecule has 0 aromatic heterocycles. The maximum atomic E-state index is 9.44. The molecule has 0 saturated carbocycles. The van der Waals surface area contributed by atoms with E-state index in [1.54, 1.807) is 0 Å². The van der Waals surface area contributed by atoms with Crippen molar-refractivity contribution in [3.8, 4) is 0 Å². The molecule has 5 heavy (non-hydrogen) atoms. The molecule has 39 valence electrons. The Labute approximate surface area is 60.9 Å². The molecule has 0 aromatic rings. The summed E-state index contributed by atoms with van der Waals surface area (Å²) in [5.74, 6) is 0.167. The van der Waals surface area contributed by atoms with E-state index < -0.39 is 0 Å². The van der Waals surface area contributed by atoms with Gasteiger partial charge in [0.15, 0.2) is 0 Å². The average Bonchev–Trinajstić information content (AvgIpc) is 0.811. The van der Waals surface area contributed by atoms with Crippen LogP contribution < -0.4 is 0 Å². The van der Waals surface area contributed by atoms with E-state index in [1.807, 2.05) is 0 Å². The third-order valence-electron chi connectivity index (χ3n) is 0. The summed E-state index contributed by atoms with van der Waals surface area (Å²) in [5.41, 5.74) is 0. The number of Topliss-reactive ketones (excluding diaryl/α,β-unsaturated/α-hetero) is 1. The van der Waals surface area contributed by atoms with Gasteiger partial charge in [0.2, 0.25) is 0 Å². The second-order valence-corrected chi connectivity index (χ2v) is 0.908. The standard InChI is InChI=1S/C3H6O.Lu/c1-3(2)4;/h1-2H3;. The molecule has 0 aliphatic carbocycles. The van der Waals surface area contributed by atoms with Crippen molar-refractivity contribution in [1.82, 2.24) is 0 Å². The Morgan fingerprint density at radius 3 is 1.40 bits per heavy atom. The summed E-state index contributed by atoms with van der Waals surface area (Å²) in [6.07, 6.45) is 0. The summed E-state index contributed by atoms with van der Waals surface area (Å²) in [5, 5.41) is 0. The molecule has 1 nitrogen and oxygen atoms in total. The van der Waals surface area contributed by atoms with Gasteiger partial charge < -0.3 is 4.79 Å². The van der Waals surface area contributed by atoms with Crippen LogP contribution in [0.4, 0.5) is 0 Å². The smallest absolute Gasteiger partial charge is 0.126 e. The molecule has 0 saturated heterocycles. The zero-order chi connectivity index (χ0) is 3.58. The van der Waals surface area contributed by atoms with Gasteiger partial charge in [0, 0.05) is 36.9 Å². The summed E-state index contributed by atoms with van der Waals surface area (Å²) in [6.45, 7) is 3.06. The maximum absolute atomic E-state index is 9.44. The summed E-state index contributed by atoms with van der Waals surface area (Å²) >= 11 is 0. The van der Waals surface area contributed by atoms with Crippen molar-refractivity contribution in [3.05, 3.63) is 0 Å². The van der Waals surface area contributed by atoms with Gasteiger partial charge in [-0.15, -0.1) is 0 Å². The fraction of sp³-hybridized carbons (Fsp3) is 0.667. The van der Waals surface area contributed by atoms with E-state index >= 15 is 0 Å². The minimum absolute atomic E-state index is 0. The quantitative estimate of drug-likeness (QED) is 0.598. The van der Waals surface area contributed by atoms with Gasteiger partial charge in [0.25, 0.3) is 0 Å². The predicted octanol–water partition coefficient (Wildman–Crippen LogP) is 0.595. The molecular weight excluding hydrogens is 227 g/mol. The number of carbonyl (C=O) groups is 1. The molecule has 0 aliphatic rings. The van der Waals surface area contributed by atoms with Crippen molar-refractivity contribution >= 4 is 5.78 Å². The number of carbonyl (C=O) groups excluding carboxylic acids is 1. The summed E-state index contributed by atoms with van der Waals surface area (Å²) in [4.78, 5) is 9.44. The van der Waals surface area contributed by atoms with Crippen LogP contribution in [0.25, 0.3) is 0 Å². The Hall–Kier alpha value is 0.904. The van der Waals surface area contributed by atoms with E-state index in [0.717, 1.165) is 0 Å². The molecule has 2 heteroatoms. The minimum atomic E-state index is 0. The third-order valence-corrected chi connectivity index (χ3v) is 0. The van der Waals surface area contributed by atoms with Crippen molar-refractivity contribution in [2.45, 2.75) is 13.8 Å². The van der Waals surface area contributed by atoms with Gasteiger partial charge in [-0.25, -0.2) is 0 Å². The van der Waals surface area contributed by atoms with Crippen LogP contribution in [0.2, 0.25) is 0 Å². The Balaban J connectivity index is 0. The van der Waals surface area contributed by atoms with Gasteiger partial charge in [-0.3, -0.25) is 0 Å². The molecule has 0 unspecified atom stereocenters. The van der Waals surface area contributed by atoms with Crippen LogP contribution in [0, 0.1) is 36.9 Å². The monoisotopic (exact) mass is 233 g/mol. The zero-order valence-corrected chi connectivity index (χ0v) is 4.82. The second kappa shape index (κ2) is 4.90. The fourth-order valence-electron chi connectivity index (χ4n) is 0. The van der Waals surface area contributed by atoms with Crippen LogP contribution in [0.15, 0.2) is 0 Å². The first-order chi connectivity index (χ1) is 1.73. The van der Waals surface area contributed by atoms with Crippen LogP contribution in [0.1, 0.15) is 13.8 Å². The van der Waals surface area contributed by atoms with Gasteiger partial charge in [-0.2, -0.15) is 0 Å². The maximum Gasteiger partial charge on any atom is 0.126 e. The Morgan fingerprint density at radius 2 is 1.40 bits per heavy atom. The molecule has 0 bridgehead atoms. The van der Waals surface area contributed by atoms with Gasteiger partial charge >= 0.3 is 0 Å². The molecule has 0 atom stereocenters. The van der Waals surface area contributed by atoms with Crippen LogP contribution in [0.3, 0.4) is 0 Å². The van der Waals surface area contributed by atoms with E-state index in [-0.39, 0.29) is 42.7 Å². The van der Waals surface area contributed by atoms with E-state index in [4.69, 9.17) is 0 Å². The van der Waals surface area contributed by atoms with Gasteiger partial charge in [-0.1, -0.05) is 0 Å². The van der Waals surface area contributed by atoms with E-state index in [1.165, 1.54) is 13.8 Å². The molecule has 0 fully saturated rings.